The Bertz CT molecular complexity index is 339. The summed E-state index contributed by atoms with van der Waals surface area (Å²) in [6.45, 7) is 2.28. The summed E-state index contributed by atoms with van der Waals surface area (Å²) in [5.74, 6) is 0. The molecular formula is C13H16Te. The van der Waals surface area contributed by atoms with E-state index >= 15 is 0 Å². The van der Waals surface area contributed by atoms with Crippen molar-refractivity contribution in [3.8, 4) is 0 Å². The first-order valence-corrected chi connectivity index (χ1v) is 8.12. The monoisotopic (exact) mass is 302 g/mol. The molecule has 0 fully saturated rings. The second kappa shape index (κ2) is 5.01. The van der Waals surface area contributed by atoms with Gasteiger partial charge in [0.05, 0.1) is 0 Å². The molecule has 0 N–H and O–H groups in total. The van der Waals surface area contributed by atoms with Crippen molar-refractivity contribution in [2.45, 2.75) is 30.7 Å². The molecule has 74 valence electrons. The van der Waals surface area contributed by atoms with Crippen LogP contribution in [-0.4, -0.2) is 20.9 Å². The third-order valence-corrected chi connectivity index (χ3v) is 5.84. The quantitative estimate of drug-likeness (QED) is 0.750. The van der Waals surface area contributed by atoms with Gasteiger partial charge >= 0.3 is 96.7 Å². The van der Waals surface area contributed by atoms with Gasteiger partial charge in [0.1, 0.15) is 0 Å². The summed E-state index contributed by atoms with van der Waals surface area (Å²) < 4.78 is 3.15. The molecule has 0 aliphatic carbocycles. The molecule has 0 saturated heterocycles. The van der Waals surface area contributed by atoms with Gasteiger partial charge in [0, 0.05) is 0 Å². The maximum atomic E-state index is 2.46. The van der Waals surface area contributed by atoms with Crippen LogP contribution in [0.3, 0.4) is 0 Å². The number of rotatable bonds is 3. The summed E-state index contributed by atoms with van der Waals surface area (Å²) in [6, 6.07) is 8.86. The number of unbranched alkanes of at least 4 members (excludes halogenated alkanes) is 1. The SMILES string of the molecule is CCCCC1=Cc2ccccc2C[Te]1. The van der Waals surface area contributed by atoms with E-state index in [0.717, 1.165) is 0 Å². The Morgan fingerprint density at radius 1 is 1.29 bits per heavy atom. The van der Waals surface area contributed by atoms with Crippen LogP contribution in [0.15, 0.2) is 27.9 Å². The molecule has 0 spiro atoms. The molecule has 0 nitrogen and oxygen atoms in total. The van der Waals surface area contributed by atoms with Gasteiger partial charge in [-0.3, -0.25) is 0 Å². The van der Waals surface area contributed by atoms with Crippen LogP contribution < -0.4 is 0 Å². The molecule has 0 saturated carbocycles. The van der Waals surface area contributed by atoms with Gasteiger partial charge in [-0.2, -0.15) is 0 Å². The summed E-state index contributed by atoms with van der Waals surface area (Å²) in [6.07, 6.45) is 6.51. The van der Waals surface area contributed by atoms with Gasteiger partial charge in [-0.15, -0.1) is 0 Å². The third-order valence-electron chi connectivity index (χ3n) is 2.56. The van der Waals surface area contributed by atoms with Crippen molar-refractivity contribution in [1.82, 2.24) is 0 Å². The normalized spacial score (nSPS) is 14.8. The van der Waals surface area contributed by atoms with Crippen LogP contribution >= 0.6 is 0 Å². The molecule has 1 aromatic rings. The Balaban J connectivity index is 2.14. The fourth-order valence-corrected chi connectivity index (χ4v) is 4.83. The molecule has 0 atom stereocenters. The Labute approximate surface area is 96.5 Å². The zero-order chi connectivity index (χ0) is 9.80. The minimum atomic E-state index is 0.133. The van der Waals surface area contributed by atoms with E-state index in [-0.39, 0.29) is 20.9 Å². The van der Waals surface area contributed by atoms with Crippen molar-refractivity contribution < 1.29 is 0 Å². The minimum absolute atomic E-state index is 0.133. The molecular weight excluding hydrogens is 284 g/mol. The van der Waals surface area contributed by atoms with Gasteiger partial charge in [0.15, 0.2) is 0 Å². The molecule has 2 rings (SSSR count). The molecule has 1 heterocycles. The molecule has 0 amide bonds. The van der Waals surface area contributed by atoms with Gasteiger partial charge in [0.25, 0.3) is 0 Å². The summed E-state index contributed by atoms with van der Waals surface area (Å²) in [5.41, 5.74) is 3.06. The maximum absolute atomic E-state index is 2.46. The van der Waals surface area contributed by atoms with Gasteiger partial charge in [-0.1, -0.05) is 0 Å². The molecule has 1 aromatic carbocycles. The summed E-state index contributed by atoms with van der Waals surface area (Å²) in [7, 11) is 0. The molecule has 1 aliphatic heterocycles. The molecule has 0 radical (unpaired) electrons. The molecule has 1 aliphatic rings. The van der Waals surface area contributed by atoms with Crippen LogP contribution in [-0.2, 0) is 4.47 Å². The van der Waals surface area contributed by atoms with Crippen molar-refractivity contribution in [3.63, 3.8) is 0 Å². The van der Waals surface area contributed by atoms with Gasteiger partial charge < -0.3 is 0 Å². The van der Waals surface area contributed by atoms with E-state index in [2.05, 4.69) is 37.3 Å². The summed E-state index contributed by atoms with van der Waals surface area (Å²) in [5, 5.41) is 0. The zero-order valence-electron chi connectivity index (χ0n) is 8.62. The molecule has 0 bridgehead atoms. The van der Waals surface area contributed by atoms with Gasteiger partial charge in [-0.25, -0.2) is 0 Å². The van der Waals surface area contributed by atoms with Crippen molar-refractivity contribution in [2.24, 2.45) is 0 Å². The average molecular weight is 300 g/mol. The van der Waals surface area contributed by atoms with Crippen molar-refractivity contribution in [3.05, 3.63) is 39.0 Å². The predicted molar refractivity (Wildman–Crippen MR) is 63.4 cm³/mol. The number of allylic oxidation sites excluding steroid dienone is 1. The van der Waals surface area contributed by atoms with Crippen LogP contribution in [0.1, 0.15) is 37.3 Å². The van der Waals surface area contributed by atoms with E-state index in [1.165, 1.54) is 29.3 Å². The van der Waals surface area contributed by atoms with E-state index in [1.807, 2.05) is 0 Å². The van der Waals surface area contributed by atoms with Gasteiger partial charge in [0.2, 0.25) is 0 Å². The summed E-state index contributed by atoms with van der Waals surface area (Å²) in [4.78, 5) is 0. The second-order valence-electron chi connectivity index (χ2n) is 3.70. The van der Waals surface area contributed by atoms with Crippen molar-refractivity contribution >= 4 is 27.0 Å². The molecule has 1 heteroatoms. The molecule has 0 aromatic heterocycles. The molecule has 14 heavy (non-hydrogen) atoms. The Morgan fingerprint density at radius 2 is 2.14 bits per heavy atom. The second-order valence-corrected chi connectivity index (χ2v) is 6.85. The Hall–Kier alpha value is -0.250. The van der Waals surface area contributed by atoms with Crippen LogP contribution in [0.5, 0.6) is 0 Å². The van der Waals surface area contributed by atoms with Crippen LogP contribution in [0, 0.1) is 0 Å². The van der Waals surface area contributed by atoms with Crippen LogP contribution in [0.2, 0.25) is 0 Å². The standard InChI is InChI=1S/C13H16Te/c1-2-3-8-13-9-11-6-4-5-7-12(11)10-14-13/h4-7,9H,2-3,8,10H2,1H3. The van der Waals surface area contributed by atoms with E-state index in [4.69, 9.17) is 0 Å². The Morgan fingerprint density at radius 3 is 3.00 bits per heavy atom. The predicted octanol–water partition coefficient (Wildman–Crippen LogP) is 3.44. The fraction of sp³-hybridized carbons (Fsp3) is 0.385. The van der Waals surface area contributed by atoms with E-state index < -0.39 is 0 Å². The van der Waals surface area contributed by atoms with Gasteiger partial charge in [-0.05, 0) is 0 Å². The molecule has 0 unspecified atom stereocenters. The fourth-order valence-electron chi connectivity index (χ4n) is 1.69. The zero-order valence-corrected chi connectivity index (χ0v) is 11.0. The van der Waals surface area contributed by atoms with Crippen molar-refractivity contribution in [1.29, 1.82) is 0 Å². The first-order chi connectivity index (χ1) is 6.90. The Kier molecular flexibility index (Phi) is 3.67. The van der Waals surface area contributed by atoms with Crippen LogP contribution in [0.25, 0.3) is 6.08 Å². The number of hydrogen-bond donors (Lipinski definition) is 0. The third kappa shape index (κ3) is 2.41. The van der Waals surface area contributed by atoms with Crippen LogP contribution in [0.4, 0.5) is 0 Å². The topological polar surface area (TPSA) is 0 Å². The van der Waals surface area contributed by atoms with E-state index in [0.29, 0.717) is 0 Å². The summed E-state index contributed by atoms with van der Waals surface area (Å²) >= 11 is 0.133. The van der Waals surface area contributed by atoms with E-state index in [1.54, 1.807) is 9.18 Å². The number of hydrogen-bond acceptors (Lipinski definition) is 0. The first-order valence-electron chi connectivity index (χ1n) is 5.31. The van der Waals surface area contributed by atoms with Crippen molar-refractivity contribution in [2.75, 3.05) is 0 Å². The first kappa shape index (κ1) is 10.3. The number of benzene rings is 1. The van der Waals surface area contributed by atoms with E-state index in [9.17, 15) is 0 Å². The average Bonchev–Trinajstić information content (AvgIpc) is 2.26. The number of fused-ring (bicyclic) bond motifs is 1.